The number of hydrogen-bond acceptors (Lipinski definition) is 5. The van der Waals surface area contributed by atoms with Gasteiger partial charge in [-0.2, -0.15) is 0 Å². The molecule has 20 heavy (non-hydrogen) atoms. The fourth-order valence-corrected chi connectivity index (χ4v) is 3.11. The van der Waals surface area contributed by atoms with E-state index in [1.54, 1.807) is 0 Å². The highest BCUT2D eigenvalue weighted by Gasteiger charge is 2.31. The molecule has 1 heterocycles. The fourth-order valence-electron chi connectivity index (χ4n) is 2.96. The highest BCUT2D eigenvalue weighted by molar-refractivity contribution is 6.30. The van der Waals surface area contributed by atoms with Gasteiger partial charge in [0, 0.05) is 25.4 Å². The maximum absolute atomic E-state index is 11.2. The van der Waals surface area contributed by atoms with Crippen molar-refractivity contribution in [3.8, 4) is 0 Å². The first-order valence-corrected chi connectivity index (χ1v) is 7.15. The van der Waals surface area contributed by atoms with Crippen LogP contribution in [-0.2, 0) is 0 Å². The van der Waals surface area contributed by atoms with Crippen LogP contribution in [0.2, 0.25) is 5.02 Å². The van der Waals surface area contributed by atoms with Crippen LogP contribution in [0.5, 0.6) is 0 Å². The van der Waals surface area contributed by atoms with Crippen LogP contribution < -0.4 is 10.6 Å². The van der Waals surface area contributed by atoms with Gasteiger partial charge in [-0.3, -0.25) is 10.1 Å². The Labute approximate surface area is 123 Å². The third-order valence-corrected chi connectivity index (χ3v) is 4.22. The molecule has 1 aliphatic rings. The zero-order valence-electron chi connectivity index (χ0n) is 11.5. The molecule has 0 aliphatic heterocycles. The third kappa shape index (κ3) is 3.02. The molecular formula is C13H19ClN4O2. The van der Waals surface area contributed by atoms with E-state index in [0.717, 1.165) is 19.3 Å². The van der Waals surface area contributed by atoms with Gasteiger partial charge in [0.15, 0.2) is 0 Å². The van der Waals surface area contributed by atoms with E-state index in [-0.39, 0.29) is 16.8 Å². The van der Waals surface area contributed by atoms with Gasteiger partial charge in [-0.15, -0.1) is 0 Å². The molecule has 0 aromatic carbocycles. The molecule has 2 N–H and O–H groups in total. The Balaban J connectivity index is 2.32. The Morgan fingerprint density at radius 2 is 2.25 bits per heavy atom. The van der Waals surface area contributed by atoms with Crippen LogP contribution >= 0.6 is 11.6 Å². The predicted molar refractivity (Wildman–Crippen MR) is 79.1 cm³/mol. The topological polar surface area (TPSA) is 85.3 Å². The Morgan fingerprint density at radius 3 is 2.90 bits per heavy atom. The van der Waals surface area contributed by atoms with Gasteiger partial charge in [0.05, 0.1) is 9.95 Å². The molecule has 0 bridgehead atoms. The summed E-state index contributed by atoms with van der Waals surface area (Å²) in [5.74, 6) is 0.718. The minimum atomic E-state index is -0.439. The Kier molecular flexibility index (Phi) is 4.77. The van der Waals surface area contributed by atoms with Gasteiger partial charge in [-0.25, -0.2) is 4.98 Å². The monoisotopic (exact) mass is 298 g/mol. The summed E-state index contributed by atoms with van der Waals surface area (Å²) in [6.07, 6.45) is 5.78. The number of aromatic nitrogens is 1. The van der Waals surface area contributed by atoms with E-state index in [1.165, 1.54) is 18.7 Å². The molecule has 0 radical (unpaired) electrons. The highest BCUT2D eigenvalue weighted by atomic mass is 35.5. The van der Waals surface area contributed by atoms with Crippen molar-refractivity contribution in [1.29, 1.82) is 0 Å². The minimum absolute atomic E-state index is 0.0543. The highest BCUT2D eigenvalue weighted by Crippen LogP contribution is 2.34. The molecule has 110 valence electrons. The van der Waals surface area contributed by atoms with Gasteiger partial charge in [-0.1, -0.05) is 24.4 Å². The molecule has 0 saturated heterocycles. The molecule has 2 unspecified atom stereocenters. The smallest absolute Gasteiger partial charge is 0.313 e. The SMILES string of the molecule is CN(c1ncc(Cl)cc1[N+](=O)[O-])C1CCCCC1CN. The van der Waals surface area contributed by atoms with E-state index in [1.807, 2.05) is 11.9 Å². The number of hydrogen-bond donors (Lipinski definition) is 1. The molecule has 6 nitrogen and oxygen atoms in total. The lowest BCUT2D eigenvalue weighted by molar-refractivity contribution is -0.384. The van der Waals surface area contributed by atoms with Crippen LogP contribution in [0.15, 0.2) is 12.3 Å². The largest absolute Gasteiger partial charge is 0.351 e. The molecule has 2 rings (SSSR count). The van der Waals surface area contributed by atoms with E-state index >= 15 is 0 Å². The van der Waals surface area contributed by atoms with Crippen molar-refractivity contribution in [3.63, 3.8) is 0 Å². The van der Waals surface area contributed by atoms with E-state index in [4.69, 9.17) is 17.3 Å². The number of rotatable bonds is 4. The Morgan fingerprint density at radius 1 is 1.55 bits per heavy atom. The summed E-state index contributed by atoms with van der Waals surface area (Å²) in [5, 5.41) is 11.4. The summed E-state index contributed by atoms with van der Waals surface area (Å²) in [4.78, 5) is 16.8. The molecule has 1 fully saturated rings. The molecule has 2 atom stereocenters. The lowest BCUT2D eigenvalue weighted by atomic mass is 9.83. The molecular weight excluding hydrogens is 280 g/mol. The third-order valence-electron chi connectivity index (χ3n) is 4.01. The van der Waals surface area contributed by atoms with Gasteiger partial charge < -0.3 is 10.6 Å². The number of nitro groups is 1. The Bertz CT molecular complexity index is 497. The van der Waals surface area contributed by atoms with Crippen molar-refractivity contribution in [2.24, 2.45) is 11.7 Å². The van der Waals surface area contributed by atoms with Crippen molar-refractivity contribution in [2.45, 2.75) is 31.7 Å². The first kappa shape index (κ1) is 15.0. The van der Waals surface area contributed by atoms with Gasteiger partial charge >= 0.3 is 5.69 Å². The normalized spacial score (nSPS) is 22.6. The van der Waals surface area contributed by atoms with E-state index < -0.39 is 4.92 Å². The number of pyridine rings is 1. The molecule has 1 saturated carbocycles. The maximum Gasteiger partial charge on any atom is 0.313 e. The van der Waals surface area contributed by atoms with E-state index in [0.29, 0.717) is 18.3 Å². The summed E-state index contributed by atoms with van der Waals surface area (Å²) < 4.78 is 0. The van der Waals surface area contributed by atoms with E-state index in [2.05, 4.69) is 4.98 Å². The minimum Gasteiger partial charge on any atom is -0.351 e. The lowest BCUT2D eigenvalue weighted by Gasteiger charge is -2.37. The molecule has 0 spiro atoms. The van der Waals surface area contributed by atoms with Crippen molar-refractivity contribution in [1.82, 2.24) is 4.98 Å². The second kappa shape index (κ2) is 6.37. The average molecular weight is 299 g/mol. The first-order chi connectivity index (χ1) is 9.54. The number of nitrogens with zero attached hydrogens (tertiary/aromatic N) is 3. The van der Waals surface area contributed by atoms with Crippen LogP contribution in [0, 0.1) is 16.0 Å². The van der Waals surface area contributed by atoms with Crippen LogP contribution in [0.3, 0.4) is 0 Å². The summed E-state index contributed by atoms with van der Waals surface area (Å²) in [7, 11) is 1.85. The Hall–Kier alpha value is -1.40. The van der Waals surface area contributed by atoms with Crippen LogP contribution in [0.1, 0.15) is 25.7 Å². The molecule has 1 aliphatic carbocycles. The number of halogens is 1. The van der Waals surface area contributed by atoms with E-state index in [9.17, 15) is 10.1 Å². The average Bonchev–Trinajstić information content (AvgIpc) is 2.46. The standard InChI is InChI=1S/C13H19ClN4O2/c1-17(11-5-3-2-4-9(11)7-15)13-12(18(19)20)6-10(14)8-16-13/h6,8-9,11H,2-5,7,15H2,1H3. The van der Waals surface area contributed by atoms with Crippen molar-refractivity contribution in [2.75, 3.05) is 18.5 Å². The zero-order chi connectivity index (χ0) is 14.7. The summed E-state index contributed by atoms with van der Waals surface area (Å²) in [6, 6.07) is 1.54. The molecule has 7 heteroatoms. The summed E-state index contributed by atoms with van der Waals surface area (Å²) >= 11 is 5.80. The molecule has 1 aromatic rings. The van der Waals surface area contributed by atoms with Gasteiger partial charge in [0.1, 0.15) is 0 Å². The number of nitrogens with two attached hydrogens (primary N) is 1. The first-order valence-electron chi connectivity index (χ1n) is 6.77. The second-order valence-electron chi connectivity index (χ2n) is 5.21. The van der Waals surface area contributed by atoms with Crippen LogP contribution in [0.25, 0.3) is 0 Å². The molecule has 0 amide bonds. The van der Waals surface area contributed by atoms with Crippen LogP contribution in [-0.4, -0.2) is 29.5 Å². The van der Waals surface area contributed by atoms with Gasteiger partial charge in [0.2, 0.25) is 5.82 Å². The fraction of sp³-hybridized carbons (Fsp3) is 0.615. The summed E-state index contributed by atoms with van der Waals surface area (Å²) in [6.45, 7) is 0.594. The van der Waals surface area contributed by atoms with Crippen molar-refractivity contribution >= 4 is 23.1 Å². The van der Waals surface area contributed by atoms with Crippen molar-refractivity contribution < 1.29 is 4.92 Å². The predicted octanol–water partition coefficient (Wildman–Crippen LogP) is 2.60. The lowest BCUT2D eigenvalue weighted by Crippen LogP contribution is -2.43. The van der Waals surface area contributed by atoms with Crippen LogP contribution in [0.4, 0.5) is 11.5 Å². The second-order valence-corrected chi connectivity index (χ2v) is 5.65. The van der Waals surface area contributed by atoms with Crippen molar-refractivity contribution in [3.05, 3.63) is 27.4 Å². The van der Waals surface area contributed by atoms with Gasteiger partial charge in [-0.05, 0) is 25.3 Å². The molecule has 1 aromatic heterocycles. The summed E-state index contributed by atoms with van der Waals surface area (Å²) in [5.41, 5.74) is 5.78. The zero-order valence-corrected chi connectivity index (χ0v) is 12.2. The quantitative estimate of drug-likeness (QED) is 0.682. The number of anilines is 1. The maximum atomic E-state index is 11.2. The van der Waals surface area contributed by atoms with Gasteiger partial charge in [0.25, 0.3) is 0 Å².